The van der Waals surface area contributed by atoms with Crippen LogP contribution in [-0.2, 0) is 27.4 Å². The Hall–Kier alpha value is -2.65. The normalized spacial score (nSPS) is 24.6. The van der Waals surface area contributed by atoms with E-state index in [0.717, 1.165) is 16.8 Å². The van der Waals surface area contributed by atoms with Crippen LogP contribution in [0.25, 0.3) is 0 Å². The van der Waals surface area contributed by atoms with E-state index in [2.05, 4.69) is 9.63 Å². The maximum atomic E-state index is 12.4. The summed E-state index contributed by atoms with van der Waals surface area (Å²) in [7, 11) is -9.64. The number of phosphoric ester groups is 1. The fourth-order valence-corrected chi connectivity index (χ4v) is 6.03. The summed E-state index contributed by atoms with van der Waals surface area (Å²) in [6.45, 7) is -0.835. The van der Waals surface area contributed by atoms with Gasteiger partial charge in [0.1, 0.15) is 12.2 Å². The van der Waals surface area contributed by atoms with Gasteiger partial charge in [-0.1, -0.05) is 18.2 Å². The highest BCUT2D eigenvalue weighted by Gasteiger charge is 2.49. The molecule has 1 fully saturated rings. The van der Waals surface area contributed by atoms with E-state index >= 15 is 0 Å². The van der Waals surface area contributed by atoms with Crippen LogP contribution in [0.4, 0.5) is 10.5 Å². The molecule has 6 atom stereocenters. The van der Waals surface area contributed by atoms with Gasteiger partial charge >= 0.3 is 27.2 Å². The van der Waals surface area contributed by atoms with E-state index in [1.165, 1.54) is 0 Å². The fraction of sp³-hybridized carbons (Fsp3) is 0.421. The minimum absolute atomic E-state index is 0.0390. The first-order valence-electron chi connectivity index (χ1n) is 10.8. The number of hydrogen-bond donors (Lipinski definition) is 6. The van der Waals surface area contributed by atoms with E-state index in [-0.39, 0.29) is 13.0 Å². The van der Waals surface area contributed by atoms with Crippen LogP contribution in [0.5, 0.6) is 0 Å². The number of benzene rings is 1. The molecule has 7 N–H and O–H groups in total. The number of carbonyl (C=O) groups excluding carboxylic acids is 1. The van der Waals surface area contributed by atoms with Crippen molar-refractivity contribution >= 4 is 27.2 Å². The maximum Gasteiger partial charge on any atom is 0.479 e. The molecule has 16 nitrogen and oxygen atoms in total. The summed E-state index contributed by atoms with van der Waals surface area (Å²) >= 11 is 0. The van der Waals surface area contributed by atoms with Crippen molar-refractivity contribution in [2.75, 3.05) is 24.6 Å². The number of H-pyrrole nitrogens is 1. The molecule has 204 valence electrons. The summed E-state index contributed by atoms with van der Waals surface area (Å²) in [6.07, 6.45) is -6.71. The first-order valence-corrected chi connectivity index (χ1v) is 14.0. The molecular formula is C19H26N4O12P2. The molecule has 2 heterocycles. The third-order valence-corrected chi connectivity index (χ3v) is 8.18. The van der Waals surface area contributed by atoms with Gasteiger partial charge in [0.05, 0.1) is 12.8 Å². The Morgan fingerprint density at radius 2 is 1.89 bits per heavy atom. The van der Waals surface area contributed by atoms with E-state index in [4.69, 9.17) is 19.7 Å². The van der Waals surface area contributed by atoms with E-state index < -0.39 is 70.1 Å². The van der Waals surface area contributed by atoms with Gasteiger partial charge in [-0.05, 0) is 25.1 Å². The molecule has 0 radical (unpaired) electrons. The van der Waals surface area contributed by atoms with Crippen molar-refractivity contribution in [1.29, 1.82) is 0 Å². The van der Waals surface area contributed by atoms with Crippen molar-refractivity contribution in [3.63, 3.8) is 0 Å². The second-order valence-corrected chi connectivity index (χ2v) is 11.4. The topological polar surface area (TPSA) is 242 Å². The molecule has 0 aliphatic carbocycles. The lowest BCUT2D eigenvalue weighted by Crippen LogP contribution is -2.41. The van der Waals surface area contributed by atoms with Crippen molar-refractivity contribution in [3.8, 4) is 0 Å². The zero-order chi connectivity index (χ0) is 27.2. The number of rotatable bonds is 11. The molecule has 3 rings (SSSR count). The average Bonchev–Trinajstić information content (AvgIpc) is 3.11. The molecule has 1 amide bonds. The summed E-state index contributed by atoms with van der Waals surface area (Å²) < 4.78 is 44.8. The monoisotopic (exact) mass is 564 g/mol. The van der Waals surface area contributed by atoms with E-state index in [9.17, 15) is 38.4 Å². The number of amides is 1. The third kappa shape index (κ3) is 8.17. The van der Waals surface area contributed by atoms with Crippen LogP contribution in [0.15, 0.2) is 52.2 Å². The second kappa shape index (κ2) is 12.3. The smallest absolute Gasteiger partial charge is 0.438 e. The van der Waals surface area contributed by atoms with Gasteiger partial charge in [0.15, 0.2) is 12.3 Å². The standard InChI is InChI=1S/C19H26N4O12P2/c20-8-4-10-36(28,29)35-37(30,31)32-11-13-15(25)16(34-19(27)21-12-5-2-1-3-6-12)17(33-13)23-9-7-14(24)22-18(23)26/h1-3,5-7,9,13,15-17,25H,4,8,10-11,20H2,(H,21,27)(H,28,29)(H,30,31)(H,22,24,26)/t13-,15-,16-,17-/m1/s1. The van der Waals surface area contributed by atoms with Crippen LogP contribution in [0.2, 0.25) is 0 Å². The van der Waals surface area contributed by atoms with Gasteiger partial charge in [-0.15, -0.1) is 0 Å². The molecule has 2 aromatic rings. The SMILES string of the molecule is NCCCP(=O)(O)OP(=O)(O)OC[C@H]1O[C@@H](n2ccc(=O)[nH]c2=O)[C@H](OC(=O)Nc2ccccc2)[C@@H]1O. The van der Waals surface area contributed by atoms with Crippen LogP contribution in [0.1, 0.15) is 12.6 Å². The molecule has 1 saturated heterocycles. The third-order valence-electron chi connectivity index (χ3n) is 4.98. The summed E-state index contributed by atoms with van der Waals surface area (Å²) in [5.41, 5.74) is 3.93. The Morgan fingerprint density at radius 3 is 2.54 bits per heavy atom. The molecule has 0 spiro atoms. The van der Waals surface area contributed by atoms with Gasteiger partial charge < -0.3 is 30.1 Å². The van der Waals surface area contributed by atoms with Crippen LogP contribution < -0.4 is 22.3 Å². The first-order chi connectivity index (χ1) is 17.4. The average molecular weight is 564 g/mol. The summed E-state index contributed by atoms with van der Waals surface area (Å²) in [4.78, 5) is 57.7. The van der Waals surface area contributed by atoms with E-state index in [0.29, 0.717) is 5.69 Å². The van der Waals surface area contributed by atoms with Crippen molar-refractivity contribution in [3.05, 3.63) is 63.4 Å². The number of para-hydroxylation sites is 1. The Labute approximate surface area is 209 Å². The highest BCUT2D eigenvalue weighted by atomic mass is 31.3. The molecule has 37 heavy (non-hydrogen) atoms. The predicted octanol–water partition coefficient (Wildman–Crippen LogP) is 0.0800. The maximum absolute atomic E-state index is 12.4. The molecule has 0 bridgehead atoms. The van der Waals surface area contributed by atoms with Crippen LogP contribution in [0.3, 0.4) is 0 Å². The van der Waals surface area contributed by atoms with Crippen molar-refractivity contribution in [2.24, 2.45) is 5.73 Å². The van der Waals surface area contributed by atoms with Gasteiger partial charge in [0, 0.05) is 18.0 Å². The number of aromatic amines is 1. The first kappa shape index (κ1) is 28.9. The molecule has 1 aliphatic rings. The number of carbonyl (C=O) groups is 1. The number of phosphoric acid groups is 1. The Morgan fingerprint density at radius 1 is 1.19 bits per heavy atom. The van der Waals surface area contributed by atoms with Gasteiger partial charge in [-0.3, -0.25) is 28.8 Å². The predicted molar refractivity (Wildman–Crippen MR) is 127 cm³/mol. The molecule has 2 unspecified atom stereocenters. The number of anilines is 1. The molecule has 1 aliphatic heterocycles. The molecule has 1 aromatic heterocycles. The number of hydrogen-bond acceptors (Lipinski definition) is 11. The van der Waals surface area contributed by atoms with Crippen molar-refractivity contribution < 1.29 is 47.1 Å². The van der Waals surface area contributed by atoms with Crippen molar-refractivity contribution in [2.45, 2.75) is 31.0 Å². The zero-order valence-corrected chi connectivity index (χ0v) is 20.9. The number of nitrogens with one attached hydrogen (secondary N) is 2. The number of nitrogens with zero attached hydrogens (tertiary/aromatic N) is 1. The van der Waals surface area contributed by atoms with E-state index in [1.807, 2.05) is 4.98 Å². The summed E-state index contributed by atoms with van der Waals surface area (Å²) in [6, 6.07) is 9.13. The van der Waals surface area contributed by atoms with Gasteiger partial charge in [-0.25, -0.2) is 18.5 Å². The number of aliphatic hydroxyl groups is 1. The highest BCUT2D eigenvalue weighted by Crippen LogP contribution is 2.60. The number of ether oxygens (including phenoxy) is 2. The lowest BCUT2D eigenvalue weighted by atomic mass is 10.1. The minimum Gasteiger partial charge on any atom is -0.438 e. The van der Waals surface area contributed by atoms with E-state index in [1.54, 1.807) is 30.3 Å². The number of aliphatic hydroxyl groups excluding tert-OH is 1. The van der Waals surface area contributed by atoms with Crippen LogP contribution >= 0.6 is 15.4 Å². The van der Waals surface area contributed by atoms with Gasteiger partial charge in [0.2, 0.25) is 0 Å². The van der Waals surface area contributed by atoms with Gasteiger partial charge in [0.25, 0.3) is 5.56 Å². The lowest BCUT2D eigenvalue weighted by molar-refractivity contribution is -0.0550. The highest BCUT2D eigenvalue weighted by molar-refractivity contribution is 7.64. The molecule has 0 saturated carbocycles. The summed E-state index contributed by atoms with van der Waals surface area (Å²) in [5, 5.41) is 13.2. The Bertz CT molecular complexity index is 1290. The number of nitrogens with two attached hydrogens (primary N) is 1. The fourth-order valence-electron chi connectivity index (χ4n) is 3.31. The second-order valence-electron chi connectivity index (χ2n) is 7.78. The van der Waals surface area contributed by atoms with Crippen LogP contribution in [-0.4, -0.2) is 68.2 Å². The zero-order valence-electron chi connectivity index (χ0n) is 19.1. The number of aromatic nitrogens is 2. The minimum atomic E-state index is -5.12. The quantitative estimate of drug-likeness (QED) is 0.198. The van der Waals surface area contributed by atoms with Gasteiger partial charge in [-0.2, -0.15) is 0 Å². The van der Waals surface area contributed by atoms with Crippen LogP contribution in [0, 0.1) is 0 Å². The molecular weight excluding hydrogens is 538 g/mol. The Kier molecular flexibility index (Phi) is 9.58. The lowest BCUT2D eigenvalue weighted by Gasteiger charge is -2.22. The Balaban J connectivity index is 1.76. The largest absolute Gasteiger partial charge is 0.479 e. The van der Waals surface area contributed by atoms with Crippen molar-refractivity contribution in [1.82, 2.24) is 9.55 Å². The molecule has 18 heteroatoms. The molecule has 1 aromatic carbocycles. The summed E-state index contributed by atoms with van der Waals surface area (Å²) in [5.74, 6) is 0.